The number of aromatic carboxylic acids is 1. The first kappa shape index (κ1) is 10.1. The number of hydrogen-bond donors (Lipinski definition) is 1. The van der Waals surface area contributed by atoms with Crippen molar-refractivity contribution in [1.82, 2.24) is 0 Å². The second kappa shape index (κ2) is 3.79. The van der Waals surface area contributed by atoms with Crippen LogP contribution in [0.15, 0.2) is 17.0 Å². The van der Waals surface area contributed by atoms with Crippen LogP contribution in [0.2, 0.25) is 0 Å². The van der Waals surface area contributed by atoms with E-state index in [1.54, 1.807) is 13.2 Å². The topological polar surface area (TPSA) is 37.3 Å². The minimum absolute atomic E-state index is 0.0318. The highest BCUT2D eigenvalue weighted by atomic mass is 32.2. The smallest absolute Gasteiger partial charge is 0.336 e. The van der Waals surface area contributed by atoms with E-state index in [1.165, 1.54) is 17.8 Å². The molecule has 0 saturated carbocycles. The number of thioether (sulfide) groups is 1. The molecular formula is C9H9FO2S. The quantitative estimate of drug-likeness (QED) is 0.745. The molecule has 0 fully saturated rings. The summed E-state index contributed by atoms with van der Waals surface area (Å²) in [4.78, 5) is 11.3. The molecule has 0 saturated heterocycles. The van der Waals surface area contributed by atoms with Crippen molar-refractivity contribution in [3.63, 3.8) is 0 Å². The van der Waals surface area contributed by atoms with Gasteiger partial charge in [0, 0.05) is 4.90 Å². The number of carboxylic acids is 1. The van der Waals surface area contributed by atoms with E-state index in [4.69, 9.17) is 5.11 Å². The van der Waals surface area contributed by atoms with Crippen LogP contribution in [0.4, 0.5) is 4.39 Å². The third-order valence-electron chi connectivity index (χ3n) is 1.78. The Hall–Kier alpha value is -1.03. The Balaban J connectivity index is 3.35. The van der Waals surface area contributed by atoms with Crippen LogP contribution in [-0.4, -0.2) is 17.3 Å². The van der Waals surface area contributed by atoms with Crippen LogP contribution in [-0.2, 0) is 0 Å². The second-order valence-corrected chi connectivity index (χ2v) is 3.43. The number of benzene rings is 1. The van der Waals surface area contributed by atoms with E-state index in [9.17, 15) is 9.18 Å². The van der Waals surface area contributed by atoms with E-state index in [0.29, 0.717) is 10.5 Å². The molecule has 1 rings (SSSR count). The second-order valence-electron chi connectivity index (χ2n) is 2.59. The van der Waals surface area contributed by atoms with Gasteiger partial charge in [0.2, 0.25) is 0 Å². The van der Waals surface area contributed by atoms with Crippen molar-refractivity contribution in [1.29, 1.82) is 0 Å². The van der Waals surface area contributed by atoms with E-state index >= 15 is 0 Å². The van der Waals surface area contributed by atoms with Crippen LogP contribution in [0, 0.1) is 12.7 Å². The zero-order valence-electron chi connectivity index (χ0n) is 7.30. The van der Waals surface area contributed by atoms with E-state index in [2.05, 4.69) is 0 Å². The largest absolute Gasteiger partial charge is 0.478 e. The molecule has 0 aliphatic rings. The molecule has 1 aromatic carbocycles. The van der Waals surface area contributed by atoms with Gasteiger partial charge in [-0.05, 0) is 30.9 Å². The lowest BCUT2D eigenvalue weighted by Crippen LogP contribution is -2.01. The van der Waals surface area contributed by atoms with E-state index < -0.39 is 11.8 Å². The first-order chi connectivity index (χ1) is 6.06. The fourth-order valence-electron chi connectivity index (χ4n) is 1.09. The average molecular weight is 200 g/mol. The van der Waals surface area contributed by atoms with Gasteiger partial charge in [0.1, 0.15) is 5.82 Å². The van der Waals surface area contributed by atoms with Crippen molar-refractivity contribution in [2.75, 3.05) is 6.26 Å². The van der Waals surface area contributed by atoms with Crippen LogP contribution in [0.25, 0.3) is 0 Å². The van der Waals surface area contributed by atoms with Crippen molar-refractivity contribution in [2.45, 2.75) is 11.8 Å². The highest BCUT2D eigenvalue weighted by Crippen LogP contribution is 2.24. The Morgan fingerprint density at radius 1 is 1.54 bits per heavy atom. The fourth-order valence-corrected chi connectivity index (χ4v) is 1.73. The molecular weight excluding hydrogens is 191 g/mol. The summed E-state index contributed by atoms with van der Waals surface area (Å²) in [6, 6.07) is 2.38. The summed E-state index contributed by atoms with van der Waals surface area (Å²) in [5.74, 6) is -1.60. The zero-order valence-corrected chi connectivity index (χ0v) is 8.11. The molecule has 0 radical (unpaired) electrons. The number of carbonyl (C=O) groups is 1. The molecule has 2 nitrogen and oxygen atoms in total. The SMILES string of the molecule is CSc1cc(F)cc(C(=O)O)c1C. The Morgan fingerprint density at radius 3 is 2.62 bits per heavy atom. The molecule has 13 heavy (non-hydrogen) atoms. The van der Waals surface area contributed by atoms with Gasteiger partial charge in [-0.2, -0.15) is 0 Å². The summed E-state index contributed by atoms with van der Waals surface area (Å²) in [5, 5.41) is 8.73. The molecule has 1 N–H and O–H groups in total. The van der Waals surface area contributed by atoms with Gasteiger partial charge in [-0.3, -0.25) is 0 Å². The molecule has 1 aromatic rings. The Labute approximate surface area is 79.8 Å². The normalized spacial score (nSPS) is 10.1. The predicted octanol–water partition coefficient (Wildman–Crippen LogP) is 2.55. The van der Waals surface area contributed by atoms with Gasteiger partial charge in [0.05, 0.1) is 5.56 Å². The van der Waals surface area contributed by atoms with Crippen molar-refractivity contribution in [3.8, 4) is 0 Å². The Morgan fingerprint density at radius 2 is 2.15 bits per heavy atom. The van der Waals surface area contributed by atoms with Crippen molar-refractivity contribution < 1.29 is 14.3 Å². The van der Waals surface area contributed by atoms with Gasteiger partial charge in [-0.25, -0.2) is 9.18 Å². The third-order valence-corrected chi connectivity index (χ3v) is 2.64. The summed E-state index contributed by atoms with van der Waals surface area (Å²) in [6.45, 7) is 1.68. The monoisotopic (exact) mass is 200 g/mol. The van der Waals surface area contributed by atoms with Gasteiger partial charge in [0.25, 0.3) is 0 Å². The minimum Gasteiger partial charge on any atom is -0.478 e. The molecule has 0 amide bonds. The van der Waals surface area contributed by atoms with Crippen molar-refractivity contribution in [3.05, 3.63) is 29.1 Å². The molecule has 0 heterocycles. The van der Waals surface area contributed by atoms with E-state index in [0.717, 1.165) is 6.07 Å². The average Bonchev–Trinajstić information content (AvgIpc) is 2.08. The summed E-state index contributed by atoms with van der Waals surface area (Å²) >= 11 is 1.34. The van der Waals surface area contributed by atoms with E-state index in [-0.39, 0.29) is 5.56 Å². The van der Waals surface area contributed by atoms with Gasteiger partial charge in [0.15, 0.2) is 0 Å². The Kier molecular flexibility index (Phi) is 2.93. The Bertz CT molecular complexity index is 350. The molecule has 0 bridgehead atoms. The lowest BCUT2D eigenvalue weighted by molar-refractivity contribution is 0.0695. The summed E-state index contributed by atoms with van der Waals surface area (Å²) < 4.78 is 12.9. The number of hydrogen-bond acceptors (Lipinski definition) is 2. The zero-order chi connectivity index (χ0) is 10.0. The van der Waals surface area contributed by atoms with Crippen molar-refractivity contribution in [2.24, 2.45) is 0 Å². The summed E-state index contributed by atoms with van der Waals surface area (Å²) in [5.41, 5.74) is 0.644. The molecule has 0 atom stereocenters. The fraction of sp³-hybridized carbons (Fsp3) is 0.222. The van der Waals surface area contributed by atoms with Gasteiger partial charge in [-0.1, -0.05) is 0 Å². The maximum Gasteiger partial charge on any atom is 0.336 e. The molecule has 4 heteroatoms. The first-order valence-corrected chi connectivity index (χ1v) is 4.86. The molecule has 0 aliphatic carbocycles. The highest BCUT2D eigenvalue weighted by molar-refractivity contribution is 7.98. The van der Waals surface area contributed by atoms with Crippen LogP contribution >= 0.6 is 11.8 Å². The highest BCUT2D eigenvalue weighted by Gasteiger charge is 2.11. The van der Waals surface area contributed by atoms with Gasteiger partial charge >= 0.3 is 5.97 Å². The van der Waals surface area contributed by atoms with Crippen molar-refractivity contribution >= 4 is 17.7 Å². The van der Waals surface area contributed by atoms with E-state index in [1.807, 2.05) is 0 Å². The third kappa shape index (κ3) is 2.01. The number of rotatable bonds is 2. The first-order valence-electron chi connectivity index (χ1n) is 3.63. The lowest BCUT2D eigenvalue weighted by Gasteiger charge is -2.05. The molecule has 0 aliphatic heterocycles. The summed E-state index contributed by atoms with van der Waals surface area (Å²) in [7, 11) is 0. The van der Waals surface area contributed by atoms with Crippen LogP contribution in [0.5, 0.6) is 0 Å². The van der Waals surface area contributed by atoms with Crippen LogP contribution < -0.4 is 0 Å². The standard InChI is InChI=1S/C9H9FO2S/c1-5-7(9(11)12)3-6(10)4-8(5)13-2/h3-4H,1-2H3,(H,11,12). The number of halogens is 1. The van der Waals surface area contributed by atoms with Crippen LogP contribution in [0.1, 0.15) is 15.9 Å². The minimum atomic E-state index is -1.09. The molecule has 0 spiro atoms. The maximum atomic E-state index is 12.9. The predicted molar refractivity (Wildman–Crippen MR) is 49.9 cm³/mol. The number of carboxylic acid groups (broad SMARTS) is 1. The molecule has 0 aromatic heterocycles. The molecule has 0 unspecified atom stereocenters. The maximum absolute atomic E-state index is 12.9. The van der Waals surface area contributed by atoms with Gasteiger partial charge < -0.3 is 5.11 Å². The molecule has 70 valence electrons. The summed E-state index contributed by atoms with van der Waals surface area (Å²) in [6.07, 6.45) is 1.79. The van der Waals surface area contributed by atoms with Crippen LogP contribution in [0.3, 0.4) is 0 Å². The van der Waals surface area contributed by atoms with Gasteiger partial charge in [-0.15, -0.1) is 11.8 Å². The lowest BCUT2D eigenvalue weighted by atomic mass is 10.1.